The molecule has 2 amide bonds. The number of fused-ring (bicyclic) bond motifs is 1. The summed E-state index contributed by atoms with van der Waals surface area (Å²) >= 11 is 0. The van der Waals surface area contributed by atoms with Gasteiger partial charge in [0, 0.05) is 26.7 Å². The molecular weight excluding hydrogens is 430 g/mol. The first-order valence-electron chi connectivity index (χ1n) is 11.7. The lowest BCUT2D eigenvalue weighted by molar-refractivity contribution is -0.123. The summed E-state index contributed by atoms with van der Waals surface area (Å²) in [6.45, 7) is 0.296. The number of carbonyl (C=O) groups excluding carboxylic acids is 2. The third-order valence-corrected chi connectivity index (χ3v) is 5.94. The molecule has 2 aromatic heterocycles. The molecule has 0 unspecified atom stereocenters. The molecule has 0 saturated heterocycles. The molecular formula is C26H31N5O3. The van der Waals surface area contributed by atoms with Gasteiger partial charge in [-0.3, -0.25) is 14.4 Å². The van der Waals surface area contributed by atoms with Crippen LogP contribution in [0.5, 0.6) is 0 Å². The normalized spacial score (nSPS) is 13.5. The number of nitrogens with one attached hydrogen (secondary N) is 2. The lowest BCUT2D eigenvalue weighted by atomic mass is 10.1. The van der Waals surface area contributed by atoms with Gasteiger partial charge in [-0.25, -0.2) is 4.98 Å². The van der Waals surface area contributed by atoms with Crippen LogP contribution in [0.3, 0.4) is 0 Å². The van der Waals surface area contributed by atoms with Crippen LogP contribution in [0.1, 0.15) is 43.5 Å². The Balaban J connectivity index is 1.37. The van der Waals surface area contributed by atoms with Crippen molar-refractivity contribution in [3.05, 3.63) is 70.4 Å². The topological polar surface area (TPSA) is 100 Å². The van der Waals surface area contributed by atoms with Gasteiger partial charge >= 0.3 is 0 Å². The van der Waals surface area contributed by atoms with E-state index in [1.54, 1.807) is 43.1 Å². The van der Waals surface area contributed by atoms with E-state index in [1.165, 1.54) is 29.4 Å². The molecule has 34 heavy (non-hydrogen) atoms. The number of imidazole rings is 1. The zero-order valence-electron chi connectivity index (χ0n) is 19.7. The SMILES string of the molecule is CN(C)C(=O)/C=C/CCCC(=O)Nc1cccn(Cc2nc3c(CC4CC4)cccc3[nH]2)c1=O. The Bertz CT molecular complexity index is 1270. The fourth-order valence-corrected chi connectivity index (χ4v) is 3.86. The zero-order chi connectivity index (χ0) is 24.1. The van der Waals surface area contributed by atoms with E-state index in [-0.39, 0.29) is 29.5 Å². The Morgan fingerprint density at radius 2 is 2.06 bits per heavy atom. The summed E-state index contributed by atoms with van der Waals surface area (Å²) in [4.78, 5) is 46.3. The molecule has 1 aliphatic rings. The third-order valence-electron chi connectivity index (χ3n) is 5.94. The number of H-pyrrole nitrogens is 1. The van der Waals surface area contributed by atoms with Gasteiger partial charge in [-0.1, -0.05) is 18.2 Å². The number of amides is 2. The number of para-hydroxylation sites is 1. The van der Waals surface area contributed by atoms with E-state index in [1.807, 2.05) is 12.1 Å². The number of pyridine rings is 1. The second-order valence-corrected chi connectivity index (χ2v) is 9.07. The fraction of sp³-hybridized carbons (Fsp3) is 0.385. The van der Waals surface area contributed by atoms with Crippen molar-refractivity contribution in [2.75, 3.05) is 19.4 Å². The second kappa shape index (κ2) is 10.5. The van der Waals surface area contributed by atoms with Gasteiger partial charge in [0.05, 0.1) is 17.6 Å². The van der Waals surface area contributed by atoms with Crippen molar-refractivity contribution in [1.29, 1.82) is 0 Å². The van der Waals surface area contributed by atoms with Gasteiger partial charge in [0.2, 0.25) is 11.8 Å². The van der Waals surface area contributed by atoms with Crippen molar-refractivity contribution < 1.29 is 9.59 Å². The Labute approximate surface area is 198 Å². The van der Waals surface area contributed by atoms with Crippen LogP contribution in [-0.4, -0.2) is 45.3 Å². The van der Waals surface area contributed by atoms with Crippen LogP contribution in [0.15, 0.2) is 53.5 Å². The number of likely N-dealkylation sites (N-methyl/N-ethyl adjacent to an activating group) is 1. The quantitative estimate of drug-likeness (QED) is 0.357. The molecule has 4 rings (SSSR count). The van der Waals surface area contributed by atoms with Gasteiger partial charge in [-0.15, -0.1) is 0 Å². The highest BCUT2D eigenvalue weighted by Gasteiger charge is 2.23. The summed E-state index contributed by atoms with van der Waals surface area (Å²) in [5, 5.41) is 2.72. The average Bonchev–Trinajstić information content (AvgIpc) is 3.52. The molecule has 8 nitrogen and oxygen atoms in total. The first-order valence-corrected chi connectivity index (χ1v) is 11.7. The highest BCUT2D eigenvalue weighted by molar-refractivity contribution is 5.90. The third kappa shape index (κ3) is 6.01. The van der Waals surface area contributed by atoms with E-state index in [9.17, 15) is 14.4 Å². The van der Waals surface area contributed by atoms with E-state index < -0.39 is 0 Å². The van der Waals surface area contributed by atoms with E-state index in [2.05, 4.69) is 16.4 Å². The Hall–Kier alpha value is -3.68. The highest BCUT2D eigenvalue weighted by Crippen LogP contribution is 2.34. The van der Waals surface area contributed by atoms with Gasteiger partial charge in [0.1, 0.15) is 11.5 Å². The molecule has 2 heterocycles. The minimum absolute atomic E-state index is 0.0853. The van der Waals surface area contributed by atoms with Crippen molar-refractivity contribution in [1.82, 2.24) is 19.4 Å². The van der Waals surface area contributed by atoms with Crippen LogP contribution >= 0.6 is 0 Å². The first kappa shape index (κ1) is 23.5. The van der Waals surface area contributed by atoms with Gasteiger partial charge in [0.25, 0.3) is 5.56 Å². The zero-order valence-corrected chi connectivity index (χ0v) is 19.7. The Morgan fingerprint density at radius 1 is 1.24 bits per heavy atom. The molecule has 0 radical (unpaired) electrons. The van der Waals surface area contributed by atoms with Crippen LogP contribution in [0, 0.1) is 5.92 Å². The predicted molar refractivity (Wildman–Crippen MR) is 133 cm³/mol. The number of hydrogen-bond acceptors (Lipinski definition) is 4. The monoisotopic (exact) mass is 461 g/mol. The largest absolute Gasteiger partial charge is 0.345 e. The number of carbonyl (C=O) groups is 2. The van der Waals surface area contributed by atoms with Crippen molar-refractivity contribution in [2.24, 2.45) is 5.92 Å². The lowest BCUT2D eigenvalue weighted by Gasteiger charge is -2.08. The average molecular weight is 462 g/mol. The minimum atomic E-state index is -0.272. The first-order chi connectivity index (χ1) is 16.4. The number of hydrogen-bond donors (Lipinski definition) is 2. The number of aromatic amines is 1. The molecule has 2 N–H and O–H groups in total. The van der Waals surface area contributed by atoms with Gasteiger partial charge in [0.15, 0.2) is 0 Å². The molecule has 1 fully saturated rings. The maximum Gasteiger partial charge on any atom is 0.274 e. The van der Waals surface area contributed by atoms with Crippen LogP contribution in [0.2, 0.25) is 0 Å². The minimum Gasteiger partial charge on any atom is -0.345 e. The van der Waals surface area contributed by atoms with E-state index >= 15 is 0 Å². The molecule has 1 aliphatic carbocycles. The molecule has 178 valence electrons. The number of rotatable bonds is 10. The number of benzene rings is 1. The Kier molecular flexibility index (Phi) is 7.25. The summed E-state index contributed by atoms with van der Waals surface area (Å²) in [6, 6.07) is 9.53. The molecule has 0 aliphatic heterocycles. The highest BCUT2D eigenvalue weighted by atomic mass is 16.2. The lowest BCUT2D eigenvalue weighted by Crippen LogP contribution is -2.26. The van der Waals surface area contributed by atoms with Crippen molar-refractivity contribution in [3.8, 4) is 0 Å². The second-order valence-electron chi connectivity index (χ2n) is 9.07. The molecule has 1 aromatic carbocycles. The van der Waals surface area contributed by atoms with Gasteiger partial charge < -0.3 is 19.8 Å². The summed E-state index contributed by atoms with van der Waals surface area (Å²) in [7, 11) is 3.38. The Morgan fingerprint density at radius 3 is 2.82 bits per heavy atom. The van der Waals surface area contributed by atoms with Crippen LogP contribution in [0.25, 0.3) is 11.0 Å². The number of unbranched alkanes of at least 4 members (excludes halogenated alkanes) is 1. The standard InChI is InChI=1S/C26H31N5O3/c1-30(2)24(33)12-5-3-4-11-23(32)28-21-10-7-15-31(26(21)34)17-22-27-20-9-6-8-19(25(20)29-22)16-18-13-14-18/h5-10,12,15,18H,3-4,11,13-14,16-17H2,1-2H3,(H,27,29)(H,28,32)/b12-5+. The summed E-state index contributed by atoms with van der Waals surface area (Å²) < 4.78 is 1.55. The molecule has 0 bridgehead atoms. The molecule has 3 aromatic rings. The summed E-state index contributed by atoms with van der Waals surface area (Å²) in [5.41, 5.74) is 3.18. The van der Waals surface area contributed by atoms with Crippen molar-refractivity contribution in [3.63, 3.8) is 0 Å². The van der Waals surface area contributed by atoms with E-state index in [0.717, 1.165) is 23.4 Å². The van der Waals surface area contributed by atoms with Crippen molar-refractivity contribution in [2.45, 2.75) is 45.1 Å². The van der Waals surface area contributed by atoms with Crippen molar-refractivity contribution >= 4 is 28.5 Å². The maximum atomic E-state index is 12.9. The number of anilines is 1. The molecule has 8 heteroatoms. The van der Waals surface area contributed by atoms with Gasteiger partial charge in [-0.05, 0) is 67.9 Å². The van der Waals surface area contributed by atoms with Gasteiger partial charge in [-0.2, -0.15) is 0 Å². The van der Waals surface area contributed by atoms with E-state index in [0.29, 0.717) is 25.2 Å². The number of nitrogens with zero attached hydrogens (tertiary/aromatic N) is 3. The predicted octanol–water partition coefficient (Wildman–Crippen LogP) is 3.48. The number of allylic oxidation sites excluding steroid dienone is 1. The fourth-order valence-electron chi connectivity index (χ4n) is 3.86. The van der Waals surface area contributed by atoms with Crippen LogP contribution < -0.4 is 10.9 Å². The summed E-state index contributed by atoms with van der Waals surface area (Å²) in [6.07, 6.45) is 10.0. The molecule has 0 spiro atoms. The smallest absolute Gasteiger partial charge is 0.274 e. The number of aromatic nitrogens is 3. The van der Waals surface area contributed by atoms with Crippen LogP contribution in [-0.2, 0) is 22.6 Å². The van der Waals surface area contributed by atoms with E-state index in [4.69, 9.17) is 4.98 Å². The maximum absolute atomic E-state index is 12.9. The summed E-state index contributed by atoms with van der Waals surface area (Å²) in [5.74, 6) is 1.17. The van der Waals surface area contributed by atoms with Crippen LogP contribution in [0.4, 0.5) is 5.69 Å². The molecule has 0 atom stereocenters. The molecule has 1 saturated carbocycles.